The highest BCUT2D eigenvalue weighted by molar-refractivity contribution is 6.12. The Labute approximate surface area is 194 Å². The molecule has 0 saturated heterocycles. The highest BCUT2D eigenvalue weighted by Gasteiger charge is 2.30. The predicted molar refractivity (Wildman–Crippen MR) is 123 cm³/mol. The van der Waals surface area contributed by atoms with E-state index in [4.69, 9.17) is 5.73 Å². The van der Waals surface area contributed by atoms with E-state index in [1.807, 2.05) is 0 Å². The summed E-state index contributed by atoms with van der Waals surface area (Å²) in [6.07, 6.45) is 2.68. The molecule has 3 aromatic carbocycles. The zero-order chi connectivity index (χ0) is 24.0. The van der Waals surface area contributed by atoms with Crippen molar-refractivity contribution in [3.63, 3.8) is 0 Å². The lowest BCUT2D eigenvalue weighted by Gasteiger charge is -2.14. The topological polar surface area (TPSA) is 101 Å². The Morgan fingerprint density at radius 1 is 0.853 bits per heavy atom. The molecule has 0 aliphatic heterocycles. The van der Waals surface area contributed by atoms with Gasteiger partial charge in [0, 0.05) is 34.4 Å². The molecule has 0 bridgehead atoms. The van der Waals surface area contributed by atoms with E-state index in [1.165, 1.54) is 12.1 Å². The zero-order valence-corrected chi connectivity index (χ0v) is 18.1. The number of primary amides is 1. The lowest BCUT2D eigenvalue weighted by atomic mass is 9.96. The van der Waals surface area contributed by atoms with Gasteiger partial charge in [0.05, 0.1) is 11.4 Å². The van der Waals surface area contributed by atoms with Crippen molar-refractivity contribution >= 4 is 34.7 Å². The zero-order valence-electron chi connectivity index (χ0n) is 18.1. The summed E-state index contributed by atoms with van der Waals surface area (Å²) in [5.74, 6) is -2.87. The number of nitrogens with one attached hydrogen (secondary N) is 2. The van der Waals surface area contributed by atoms with Crippen LogP contribution < -0.4 is 16.4 Å². The largest absolute Gasteiger partial charge is 0.366 e. The van der Waals surface area contributed by atoms with Gasteiger partial charge in [0.25, 0.3) is 0 Å². The normalized spacial score (nSPS) is 14.6. The summed E-state index contributed by atoms with van der Waals surface area (Å²) < 4.78 is 28.7. The maximum absolute atomic E-state index is 14.5. The Kier molecular flexibility index (Phi) is 5.36. The summed E-state index contributed by atoms with van der Waals surface area (Å²) in [7, 11) is 0. The molecule has 1 saturated carbocycles. The van der Waals surface area contributed by atoms with E-state index in [0.717, 1.165) is 30.0 Å². The van der Waals surface area contributed by atoms with Gasteiger partial charge >= 0.3 is 0 Å². The number of fused-ring (bicyclic) bond motifs is 2. The molecule has 34 heavy (non-hydrogen) atoms. The molecule has 0 unspecified atom stereocenters. The van der Waals surface area contributed by atoms with Crippen LogP contribution in [0.3, 0.4) is 0 Å². The molecule has 0 radical (unpaired) electrons. The smallest absolute Gasteiger partial charge is 0.248 e. The average Bonchev–Trinajstić information content (AvgIpc) is 3.66. The number of hydrogen-bond acceptors (Lipinski definition) is 4. The Morgan fingerprint density at radius 2 is 1.59 bits per heavy atom. The Bertz CT molecular complexity index is 1370. The second-order valence-corrected chi connectivity index (χ2v) is 8.64. The van der Waals surface area contributed by atoms with Gasteiger partial charge in [0.1, 0.15) is 11.6 Å². The third-order valence-corrected chi connectivity index (χ3v) is 6.19. The molecule has 0 spiro atoms. The Morgan fingerprint density at radius 3 is 2.32 bits per heavy atom. The van der Waals surface area contributed by atoms with Crippen molar-refractivity contribution in [1.82, 2.24) is 0 Å². The van der Waals surface area contributed by atoms with E-state index in [2.05, 4.69) is 10.6 Å². The van der Waals surface area contributed by atoms with Gasteiger partial charge in [-0.15, -0.1) is 0 Å². The number of rotatable bonds is 5. The van der Waals surface area contributed by atoms with E-state index in [-0.39, 0.29) is 34.5 Å². The van der Waals surface area contributed by atoms with Crippen LogP contribution in [0.1, 0.15) is 50.2 Å². The predicted octanol–water partition coefficient (Wildman–Crippen LogP) is 4.49. The summed E-state index contributed by atoms with van der Waals surface area (Å²) in [6, 6.07) is 11.8. The van der Waals surface area contributed by atoms with Crippen molar-refractivity contribution in [3.05, 3.63) is 88.0 Å². The van der Waals surface area contributed by atoms with Crippen LogP contribution in [0, 0.1) is 17.6 Å². The number of halogens is 2. The molecule has 2 aliphatic carbocycles. The third-order valence-electron chi connectivity index (χ3n) is 6.19. The van der Waals surface area contributed by atoms with Crippen molar-refractivity contribution in [1.29, 1.82) is 0 Å². The second-order valence-electron chi connectivity index (χ2n) is 8.64. The third kappa shape index (κ3) is 4.14. The number of benzene rings is 3. The van der Waals surface area contributed by atoms with E-state index in [1.54, 1.807) is 30.3 Å². The SMILES string of the molecule is NC(=O)c1ccc2c(c1)C(=O)c1ccc(Nc3cc(NC(=O)C4CC4)c(F)cc3F)cc1CC2. The van der Waals surface area contributed by atoms with Gasteiger partial charge in [-0.2, -0.15) is 0 Å². The molecule has 5 rings (SSSR count). The van der Waals surface area contributed by atoms with E-state index in [0.29, 0.717) is 29.7 Å². The van der Waals surface area contributed by atoms with Crippen LogP contribution >= 0.6 is 0 Å². The molecule has 4 N–H and O–H groups in total. The van der Waals surface area contributed by atoms with Crippen molar-refractivity contribution in [2.45, 2.75) is 25.7 Å². The maximum Gasteiger partial charge on any atom is 0.248 e. The number of anilines is 3. The summed E-state index contributed by atoms with van der Waals surface area (Å²) in [5, 5.41) is 5.44. The molecule has 0 heterocycles. The number of carbonyl (C=O) groups excluding carboxylic acids is 3. The first-order valence-corrected chi connectivity index (χ1v) is 11.0. The molecule has 0 aromatic heterocycles. The molecule has 2 aliphatic rings. The van der Waals surface area contributed by atoms with Crippen LogP contribution in [0.2, 0.25) is 0 Å². The maximum atomic E-state index is 14.5. The number of ketones is 1. The first-order valence-electron chi connectivity index (χ1n) is 11.0. The van der Waals surface area contributed by atoms with Crippen LogP contribution in [0.5, 0.6) is 0 Å². The quantitative estimate of drug-likeness (QED) is 0.521. The molecule has 8 heteroatoms. The fraction of sp³-hybridized carbons (Fsp3) is 0.192. The molecule has 6 nitrogen and oxygen atoms in total. The first kappa shape index (κ1) is 21.8. The van der Waals surface area contributed by atoms with Crippen LogP contribution in [0.4, 0.5) is 25.8 Å². The molecular weight excluding hydrogens is 440 g/mol. The second kappa shape index (κ2) is 8.37. The molecule has 3 aromatic rings. The minimum absolute atomic E-state index is 0.00165. The number of carbonyl (C=O) groups is 3. The van der Waals surface area contributed by atoms with Crippen LogP contribution in [-0.4, -0.2) is 17.6 Å². The van der Waals surface area contributed by atoms with Crippen molar-refractivity contribution < 1.29 is 23.2 Å². The Balaban J connectivity index is 1.42. The van der Waals surface area contributed by atoms with Gasteiger partial charge in [-0.1, -0.05) is 6.07 Å². The van der Waals surface area contributed by atoms with Crippen LogP contribution in [0.15, 0.2) is 48.5 Å². The van der Waals surface area contributed by atoms with E-state index < -0.39 is 17.5 Å². The van der Waals surface area contributed by atoms with Crippen molar-refractivity contribution in [3.8, 4) is 0 Å². The standard InChI is InChI=1S/C26H21F2N3O3/c27-20-11-21(28)23(31-26(34)14-3-4-14)12-22(20)30-17-7-8-18-15(9-17)5-1-13-2-6-16(25(29)33)10-19(13)24(18)32/h2,6-12,14,30H,1,3-5H2,(H2,29,33)(H,31,34). The lowest BCUT2D eigenvalue weighted by molar-refractivity contribution is -0.117. The number of hydrogen-bond donors (Lipinski definition) is 3. The summed E-state index contributed by atoms with van der Waals surface area (Å²) in [6.45, 7) is 0. The number of amides is 2. The van der Waals surface area contributed by atoms with Crippen molar-refractivity contribution in [2.24, 2.45) is 11.7 Å². The lowest BCUT2D eigenvalue weighted by Crippen LogP contribution is -2.15. The minimum atomic E-state index is -0.849. The van der Waals surface area contributed by atoms with Gasteiger partial charge in [-0.3, -0.25) is 14.4 Å². The van der Waals surface area contributed by atoms with Crippen molar-refractivity contribution in [2.75, 3.05) is 10.6 Å². The minimum Gasteiger partial charge on any atom is -0.366 e. The van der Waals surface area contributed by atoms with E-state index >= 15 is 0 Å². The summed E-state index contributed by atoms with van der Waals surface area (Å²) in [5.41, 5.74) is 8.56. The van der Waals surface area contributed by atoms with E-state index in [9.17, 15) is 23.2 Å². The fourth-order valence-electron chi connectivity index (χ4n) is 4.15. The molecule has 172 valence electrons. The molecular formula is C26H21F2N3O3. The highest BCUT2D eigenvalue weighted by Crippen LogP contribution is 2.33. The number of nitrogens with two attached hydrogens (primary N) is 1. The van der Waals surface area contributed by atoms with Gasteiger partial charge < -0.3 is 16.4 Å². The van der Waals surface area contributed by atoms with Gasteiger partial charge in [-0.05, 0) is 73.2 Å². The average molecular weight is 461 g/mol. The first-order chi connectivity index (χ1) is 16.3. The summed E-state index contributed by atoms with van der Waals surface area (Å²) >= 11 is 0. The van der Waals surface area contributed by atoms with Crippen LogP contribution in [0.25, 0.3) is 0 Å². The van der Waals surface area contributed by atoms with Crippen LogP contribution in [-0.2, 0) is 17.6 Å². The van der Waals surface area contributed by atoms with Gasteiger partial charge in [0.2, 0.25) is 11.8 Å². The highest BCUT2D eigenvalue weighted by atomic mass is 19.1. The van der Waals surface area contributed by atoms with Gasteiger partial charge in [-0.25, -0.2) is 8.78 Å². The summed E-state index contributed by atoms with van der Waals surface area (Å²) in [4.78, 5) is 36.7. The molecule has 0 atom stereocenters. The Hall–Kier alpha value is -4.07. The fourth-order valence-corrected chi connectivity index (χ4v) is 4.15. The number of aryl methyl sites for hydroxylation is 2. The monoisotopic (exact) mass is 461 g/mol. The molecule has 1 fully saturated rings. The molecule has 2 amide bonds. The van der Waals surface area contributed by atoms with Gasteiger partial charge in [0.15, 0.2) is 5.78 Å².